The third-order valence-electron chi connectivity index (χ3n) is 3.51. The van der Waals surface area contributed by atoms with E-state index < -0.39 is 0 Å². The van der Waals surface area contributed by atoms with Crippen LogP contribution in [0, 0.1) is 11.3 Å². The molecule has 3 nitrogen and oxygen atoms in total. The van der Waals surface area contributed by atoms with Crippen LogP contribution in [0.2, 0.25) is 0 Å². The van der Waals surface area contributed by atoms with Crippen molar-refractivity contribution in [3.05, 3.63) is 71.3 Å². The SMILES string of the molecule is N#Cc1ccccc1CN(CCO)CCc1ccccc1. The van der Waals surface area contributed by atoms with Crippen molar-refractivity contribution in [3.8, 4) is 6.07 Å². The van der Waals surface area contributed by atoms with Crippen molar-refractivity contribution in [1.29, 1.82) is 5.26 Å². The Morgan fingerprint density at radius 3 is 2.38 bits per heavy atom. The molecule has 0 saturated carbocycles. The minimum atomic E-state index is 0.128. The first-order valence-electron chi connectivity index (χ1n) is 7.18. The van der Waals surface area contributed by atoms with E-state index >= 15 is 0 Å². The zero-order chi connectivity index (χ0) is 14.9. The Balaban J connectivity index is 2.00. The van der Waals surface area contributed by atoms with Gasteiger partial charge in [-0.2, -0.15) is 5.26 Å². The lowest BCUT2D eigenvalue weighted by Crippen LogP contribution is -2.29. The van der Waals surface area contributed by atoms with Crippen molar-refractivity contribution in [2.45, 2.75) is 13.0 Å². The van der Waals surface area contributed by atoms with E-state index in [1.54, 1.807) is 0 Å². The van der Waals surface area contributed by atoms with Gasteiger partial charge in [-0.3, -0.25) is 4.90 Å². The summed E-state index contributed by atoms with van der Waals surface area (Å²) >= 11 is 0. The quantitative estimate of drug-likeness (QED) is 0.848. The average molecular weight is 280 g/mol. The average Bonchev–Trinajstić information content (AvgIpc) is 2.54. The van der Waals surface area contributed by atoms with Gasteiger partial charge in [-0.15, -0.1) is 0 Å². The van der Waals surface area contributed by atoms with Gasteiger partial charge in [0.1, 0.15) is 0 Å². The van der Waals surface area contributed by atoms with Gasteiger partial charge in [-0.1, -0.05) is 48.5 Å². The van der Waals surface area contributed by atoms with Gasteiger partial charge >= 0.3 is 0 Å². The molecular weight excluding hydrogens is 260 g/mol. The summed E-state index contributed by atoms with van der Waals surface area (Å²) in [6.07, 6.45) is 0.940. The van der Waals surface area contributed by atoms with Crippen LogP contribution in [0.1, 0.15) is 16.7 Å². The molecule has 0 unspecified atom stereocenters. The van der Waals surface area contributed by atoms with Gasteiger partial charge in [0.15, 0.2) is 0 Å². The molecule has 21 heavy (non-hydrogen) atoms. The summed E-state index contributed by atoms with van der Waals surface area (Å²) in [6, 6.07) is 20.2. The molecule has 0 radical (unpaired) electrons. The third kappa shape index (κ3) is 4.71. The summed E-state index contributed by atoms with van der Waals surface area (Å²) in [5.74, 6) is 0. The number of aliphatic hydroxyl groups excluding tert-OH is 1. The number of hydrogen-bond acceptors (Lipinski definition) is 3. The maximum Gasteiger partial charge on any atom is 0.0995 e. The topological polar surface area (TPSA) is 47.3 Å². The fraction of sp³-hybridized carbons (Fsp3) is 0.278. The summed E-state index contributed by atoms with van der Waals surface area (Å²) in [6.45, 7) is 2.30. The molecule has 0 heterocycles. The molecule has 3 heteroatoms. The first kappa shape index (κ1) is 15.2. The van der Waals surface area contributed by atoms with E-state index in [4.69, 9.17) is 5.26 Å². The Morgan fingerprint density at radius 2 is 1.67 bits per heavy atom. The number of nitriles is 1. The van der Waals surface area contributed by atoms with Gasteiger partial charge in [0.2, 0.25) is 0 Å². The van der Waals surface area contributed by atoms with Crippen LogP contribution in [0.25, 0.3) is 0 Å². The van der Waals surface area contributed by atoms with Crippen LogP contribution in [0.3, 0.4) is 0 Å². The van der Waals surface area contributed by atoms with Gasteiger partial charge < -0.3 is 5.11 Å². The highest BCUT2D eigenvalue weighted by Gasteiger charge is 2.08. The van der Waals surface area contributed by atoms with E-state index in [0.717, 1.165) is 18.5 Å². The Morgan fingerprint density at radius 1 is 0.952 bits per heavy atom. The van der Waals surface area contributed by atoms with Gasteiger partial charge in [-0.25, -0.2) is 0 Å². The predicted molar refractivity (Wildman–Crippen MR) is 83.7 cm³/mol. The lowest BCUT2D eigenvalue weighted by atomic mass is 10.1. The minimum absolute atomic E-state index is 0.128. The van der Waals surface area contributed by atoms with E-state index in [-0.39, 0.29) is 6.61 Å². The molecular formula is C18H20N2O. The zero-order valence-corrected chi connectivity index (χ0v) is 12.1. The van der Waals surface area contributed by atoms with E-state index in [0.29, 0.717) is 18.7 Å². The second-order valence-electron chi connectivity index (χ2n) is 5.00. The number of benzene rings is 2. The monoisotopic (exact) mass is 280 g/mol. The fourth-order valence-electron chi connectivity index (χ4n) is 2.35. The molecule has 2 rings (SSSR count). The van der Waals surface area contributed by atoms with Crippen LogP contribution in [-0.2, 0) is 13.0 Å². The highest BCUT2D eigenvalue weighted by Crippen LogP contribution is 2.11. The van der Waals surface area contributed by atoms with Crippen LogP contribution in [0.15, 0.2) is 54.6 Å². The fourth-order valence-corrected chi connectivity index (χ4v) is 2.35. The normalized spacial score (nSPS) is 10.5. The first-order valence-corrected chi connectivity index (χ1v) is 7.18. The summed E-state index contributed by atoms with van der Waals surface area (Å²) in [5, 5.41) is 18.4. The standard InChI is InChI=1S/C18H20N2O/c19-14-17-8-4-5-9-18(17)15-20(12-13-21)11-10-16-6-2-1-3-7-16/h1-9,21H,10-13,15H2. The van der Waals surface area contributed by atoms with Crippen LogP contribution < -0.4 is 0 Å². The first-order chi connectivity index (χ1) is 10.3. The molecule has 0 aliphatic heterocycles. The van der Waals surface area contributed by atoms with Crippen LogP contribution >= 0.6 is 0 Å². The summed E-state index contributed by atoms with van der Waals surface area (Å²) in [4.78, 5) is 2.18. The maximum absolute atomic E-state index is 9.23. The number of aliphatic hydroxyl groups is 1. The Labute approximate surface area is 126 Å². The van der Waals surface area contributed by atoms with Crippen molar-refractivity contribution >= 4 is 0 Å². The van der Waals surface area contributed by atoms with Crippen molar-refractivity contribution in [3.63, 3.8) is 0 Å². The van der Waals surface area contributed by atoms with Crippen molar-refractivity contribution in [2.75, 3.05) is 19.7 Å². The van der Waals surface area contributed by atoms with Crippen LogP contribution in [0.5, 0.6) is 0 Å². The van der Waals surface area contributed by atoms with Crippen LogP contribution in [0.4, 0.5) is 0 Å². The minimum Gasteiger partial charge on any atom is -0.395 e. The molecule has 0 spiro atoms. The van der Waals surface area contributed by atoms with Gasteiger partial charge in [-0.05, 0) is 23.6 Å². The Hall–Kier alpha value is -2.15. The molecule has 0 fully saturated rings. The smallest absolute Gasteiger partial charge is 0.0995 e. The molecule has 0 aromatic heterocycles. The van der Waals surface area contributed by atoms with Crippen molar-refractivity contribution in [1.82, 2.24) is 4.90 Å². The summed E-state index contributed by atoms with van der Waals surface area (Å²) < 4.78 is 0. The molecule has 108 valence electrons. The van der Waals surface area contributed by atoms with E-state index in [2.05, 4.69) is 23.1 Å². The molecule has 1 N–H and O–H groups in total. The molecule has 0 bridgehead atoms. The highest BCUT2D eigenvalue weighted by atomic mass is 16.3. The Kier molecular flexibility index (Phi) is 5.96. The van der Waals surface area contributed by atoms with Crippen LogP contribution in [-0.4, -0.2) is 29.7 Å². The third-order valence-corrected chi connectivity index (χ3v) is 3.51. The number of nitrogens with zero attached hydrogens (tertiary/aromatic N) is 2. The second kappa shape index (κ2) is 8.21. The summed E-state index contributed by atoms with van der Waals surface area (Å²) in [7, 11) is 0. The number of rotatable bonds is 7. The van der Waals surface area contributed by atoms with Gasteiger partial charge in [0.05, 0.1) is 18.2 Å². The predicted octanol–water partition coefficient (Wildman–Crippen LogP) is 2.60. The molecule has 2 aromatic rings. The maximum atomic E-state index is 9.23. The highest BCUT2D eigenvalue weighted by molar-refractivity contribution is 5.37. The van der Waals surface area contributed by atoms with E-state index in [1.165, 1.54) is 5.56 Å². The Bertz CT molecular complexity index is 590. The largest absolute Gasteiger partial charge is 0.395 e. The molecule has 0 aliphatic rings. The molecule has 0 saturated heterocycles. The lowest BCUT2D eigenvalue weighted by molar-refractivity contribution is 0.191. The van der Waals surface area contributed by atoms with Gasteiger partial charge in [0, 0.05) is 19.6 Å². The molecule has 0 atom stereocenters. The van der Waals surface area contributed by atoms with Crippen molar-refractivity contribution < 1.29 is 5.11 Å². The second-order valence-corrected chi connectivity index (χ2v) is 5.00. The molecule has 0 amide bonds. The number of hydrogen-bond donors (Lipinski definition) is 1. The van der Waals surface area contributed by atoms with Gasteiger partial charge in [0.25, 0.3) is 0 Å². The zero-order valence-electron chi connectivity index (χ0n) is 12.1. The molecule has 2 aromatic carbocycles. The lowest BCUT2D eigenvalue weighted by Gasteiger charge is -2.22. The van der Waals surface area contributed by atoms with Crippen molar-refractivity contribution in [2.24, 2.45) is 0 Å². The van der Waals surface area contributed by atoms with E-state index in [9.17, 15) is 5.11 Å². The summed E-state index contributed by atoms with van der Waals surface area (Å²) in [5.41, 5.74) is 3.01. The van der Waals surface area contributed by atoms with E-state index in [1.807, 2.05) is 42.5 Å². The molecule has 0 aliphatic carbocycles.